The number of rotatable bonds is 4. The van der Waals surface area contributed by atoms with E-state index in [1.54, 1.807) is 0 Å². The topological polar surface area (TPSA) is 3.24 Å². The second kappa shape index (κ2) is 12.7. The Morgan fingerprint density at radius 1 is 0.255 bits per heavy atom. The zero-order valence-electron chi connectivity index (χ0n) is 30.2. The number of hydrogen-bond acceptors (Lipinski definition) is 1. The van der Waals surface area contributed by atoms with Crippen LogP contribution >= 0.6 is 0 Å². The van der Waals surface area contributed by atoms with Gasteiger partial charge < -0.3 is 4.90 Å². The van der Waals surface area contributed by atoms with E-state index in [9.17, 15) is 0 Å². The highest BCUT2D eigenvalue weighted by Gasteiger charge is 2.27. The number of nitrogens with zero attached hydrogens (tertiary/aromatic N) is 1. The van der Waals surface area contributed by atoms with Crippen LogP contribution in [0.2, 0.25) is 0 Å². The SMILES string of the molecule is c1ccc(-c2cc(-c3ccccc3)c3c4ccccc4c4cc(N5c6ccccc6-c6ccccc6-c6ccccc65)ccc4c3c2-c2ccccc2)cc1. The summed E-state index contributed by atoms with van der Waals surface area (Å²) in [5.74, 6) is 0. The average Bonchev–Trinajstić information content (AvgIpc) is 3.39. The molecule has 0 aromatic heterocycles. The van der Waals surface area contributed by atoms with E-state index in [1.807, 2.05) is 0 Å². The van der Waals surface area contributed by atoms with Crippen LogP contribution in [0.5, 0.6) is 0 Å². The van der Waals surface area contributed by atoms with Crippen LogP contribution in [-0.2, 0) is 0 Å². The highest BCUT2D eigenvalue weighted by Crippen LogP contribution is 2.53. The van der Waals surface area contributed by atoms with Crippen molar-refractivity contribution in [1.82, 2.24) is 0 Å². The first-order valence-electron chi connectivity index (χ1n) is 19.0. The van der Waals surface area contributed by atoms with Gasteiger partial charge in [-0.2, -0.15) is 0 Å². The monoisotopic (exact) mass is 697 g/mol. The molecule has 0 saturated heterocycles. The van der Waals surface area contributed by atoms with Crippen LogP contribution in [0.1, 0.15) is 0 Å². The summed E-state index contributed by atoms with van der Waals surface area (Å²) in [4.78, 5) is 2.47. The van der Waals surface area contributed by atoms with E-state index < -0.39 is 0 Å². The normalized spacial score (nSPS) is 12.0. The lowest BCUT2D eigenvalue weighted by Crippen LogP contribution is -2.10. The molecule has 0 amide bonds. The lowest BCUT2D eigenvalue weighted by atomic mass is 9.81. The van der Waals surface area contributed by atoms with Gasteiger partial charge in [-0.05, 0) is 107 Å². The zero-order chi connectivity index (χ0) is 36.3. The minimum atomic E-state index is 1.13. The first-order valence-corrected chi connectivity index (χ1v) is 19.0. The zero-order valence-corrected chi connectivity index (χ0v) is 30.2. The van der Waals surface area contributed by atoms with Crippen molar-refractivity contribution < 1.29 is 0 Å². The lowest BCUT2D eigenvalue weighted by Gasteiger charge is -2.28. The van der Waals surface area contributed by atoms with Crippen LogP contribution in [0.3, 0.4) is 0 Å². The fraction of sp³-hybridized carbons (Fsp3) is 0. The van der Waals surface area contributed by atoms with E-state index in [0.717, 1.165) is 5.69 Å². The summed E-state index contributed by atoms with van der Waals surface area (Å²) < 4.78 is 0. The maximum Gasteiger partial charge on any atom is 0.0540 e. The summed E-state index contributed by atoms with van der Waals surface area (Å²) in [5.41, 5.74) is 15.8. The number of fused-ring (bicyclic) bond motifs is 11. The second-order valence-corrected chi connectivity index (χ2v) is 14.4. The van der Waals surface area contributed by atoms with E-state index in [-0.39, 0.29) is 0 Å². The van der Waals surface area contributed by atoms with Gasteiger partial charge in [0.2, 0.25) is 0 Å². The van der Waals surface area contributed by atoms with Crippen molar-refractivity contribution in [2.24, 2.45) is 0 Å². The van der Waals surface area contributed by atoms with E-state index in [4.69, 9.17) is 0 Å². The number of anilines is 3. The minimum Gasteiger partial charge on any atom is -0.309 e. The standard InChI is InChI=1S/C54H35N/c1-4-18-36(19-5-1)47-35-48(37-20-6-2-7-21-37)53-45-29-13-12-26-42(45)49-34-39(32-33-46(49)54(53)52(47)38-22-8-3-9-23-38)55-50-30-16-14-27-43(50)40-24-10-11-25-41(40)44-28-15-17-31-51(44)55/h1-35H. The van der Waals surface area contributed by atoms with Crippen molar-refractivity contribution in [3.8, 4) is 55.6 Å². The Morgan fingerprint density at radius 2 is 0.709 bits per heavy atom. The highest BCUT2D eigenvalue weighted by molar-refractivity contribution is 6.33. The molecule has 1 aliphatic rings. The molecule has 55 heavy (non-hydrogen) atoms. The molecule has 0 bridgehead atoms. The third-order valence-electron chi connectivity index (χ3n) is 11.4. The van der Waals surface area contributed by atoms with Crippen molar-refractivity contribution in [1.29, 1.82) is 0 Å². The van der Waals surface area contributed by atoms with Crippen LogP contribution in [0.15, 0.2) is 212 Å². The molecule has 11 rings (SSSR count). The average molecular weight is 698 g/mol. The molecule has 0 atom stereocenters. The van der Waals surface area contributed by atoms with Crippen molar-refractivity contribution >= 4 is 49.4 Å². The molecule has 0 radical (unpaired) electrons. The Bertz CT molecular complexity index is 3010. The molecule has 1 nitrogen and oxygen atoms in total. The molecule has 0 saturated carbocycles. The molecule has 0 fully saturated rings. The maximum absolute atomic E-state index is 2.47. The predicted octanol–water partition coefficient (Wildman–Crippen LogP) is 15.3. The molecule has 0 aliphatic carbocycles. The predicted molar refractivity (Wildman–Crippen MR) is 234 cm³/mol. The Kier molecular flexibility index (Phi) is 7.25. The van der Waals surface area contributed by atoms with Gasteiger partial charge >= 0.3 is 0 Å². The van der Waals surface area contributed by atoms with Crippen molar-refractivity contribution in [2.75, 3.05) is 4.90 Å². The first-order chi connectivity index (χ1) is 27.3. The van der Waals surface area contributed by atoms with E-state index in [1.165, 1.54) is 99.3 Å². The molecule has 1 heterocycles. The summed E-state index contributed by atoms with van der Waals surface area (Å²) in [5, 5.41) is 7.53. The van der Waals surface area contributed by atoms with Crippen LogP contribution < -0.4 is 4.90 Å². The lowest BCUT2D eigenvalue weighted by molar-refractivity contribution is 1.30. The fourth-order valence-electron chi connectivity index (χ4n) is 9.03. The molecule has 256 valence electrons. The molecule has 1 aliphatic heterocycles. The van der Waals surface area contributed by atoms with Crippen molar-refractivity contribution in [3.63, 3.8) is 0 Å². The first kappa shape index (κ1) is 31.3. The smallest absolute Gasteiger partial charge is 0.0540 e. The molecule has 0 N–H and O–H groups in total. The van der Waals surface area contributed by atoms with E-state index in [2.05, 4.69) is 217 Å². The Balaban J connectivity index is 1.30. The number of hydrogen-bond donors (Lipinski definition) is 0. The molecule has 0 spiro atoms. The van der Waals surface area contributed by atoms with Gasteiger partial charge in [0.1, 0.15) is 0 Å². The molecule has 10 aromatic rings. The third-order valence-corrected chi connectivity index (χ3v) is 11.4. The largest absolute Gasteiger partial charge is 0.309 e. The van der Waals surface area contributed by atoms with E-state index >= 15 is 0 Å². The molecule has 0 unspecified atom stereocenters. The Labute approximate surface area is 321 Å². The molecule has 10 aromatic carbocycles. The van der Waals surface area contributed by atoms with Crippen LogP contribution in [0.4, 0.5) is 17.1 Å². The van der Waals surface area contributed by atoms with Crippen molar-refractivity contribution in [3.05, 3.63) is 212 Å². The van der Waals surface area contributed by atoms with Gasteiger partial charge in [0.15, 0.2) is 0 Å². The van der Waals surface area contributed by atoms with Crippen LogP contribution in [0, 0.1) is 0 Å². The quantitative estimate of drug-likeness (QED) is 0.166. The fourth-order valence-corrected chi connectivity index (χ4v) is 9.03. The van der Waals surface area contributed by atoms with Gasteiger partial charge in [-0.15, -0.1) is 0 Å². The summed E-state index contributed by atoms with van der Waals surface area (Å²) in [6, 6.07) is 77.9. The maximum atomic E-state index is 2.47. The van der Waals surface area contributed by atoms with Crippen LogP contribution in [0.25, 0.3) is 88.0 Å². The summed E-state index contributed by atoms with van der Waals surface area (Å²) in [6.07, 6.45) is 0. The molecule has 1 heteroatoms. The van der Waals surface area contributed by atoms with Gasteiger partial charge in [0.25, 0.3) is 0 Å². The minimum absolute atomic E-state index is 1.13. The second-order valence-electron chi connectivity index (χ2n) is 14.4. The van der Waals surface area contributed by atoms with E-state index in [0.29, 0.717) is 0 Å². The number of para-hydroxylation sites is 2. The van der Waals surface area contributed by atoms with Crippen LogP contribution in [-0.4, -0.2) is 0 Å². The molecular formula is C54H35N. The van der Waals surface area contributed by atoms with Gasteiger partial charge in [0, 0.05) is 16.8 Å². The van der Waals surface area contributed by atoms with Gasteiger partial charge in [-0.3, -0.25) is 0 Å². The summed E-state index contributed by atoms with van der Waals surface area (Å²) in [7, 11) is 0. The van der Waals surface area contributed by atoms with Crippen molar-refractivity contribution in [2.45, 2.75) is 0 Å². The van der Waals surface area contributed by atoms with Gasteiger partial charge in [-0.25, -0.2) is 0 Å². The van der Waals surface area contributed by atoms with Gasteiger partial charge in [0.05, 0.1) is 11.4 Å². The Hall–Kier alpha value is -7.22. The summed E-state index contributed by atoms with van der Waals surface area (Å²) in [6.45, 7) is 0. The summed E-state index contributed by atoms with van der Waals surface area (Å²) >= 11 is 0. The molecular weight excluding hydrogens is 663 g/mol. The Morgan fingerprint density at radius 3 is 1.31 bits per heavy atom. The van der Waals surface area contributed by atoms with Gasteiger partial charge in [-0.1, -0.05) is 182 Å². The third kappa shape index (κ3) is 4.94. The number of benzene rings is 10. The highest BCUT2D eigenvalue weighted by atomic mass is 15.1.